The molecule has 1 amide bonds. The Bertz CT molecular complexity index is 1040. The van der Waals surface area contributed by atoms with Crippen LogP contribution in [0.25, 0.3) is 0 Å². The van der Waals surface area contributed by atoms with Crippen molar-refractivity contribution in [3.05, 3.63) is 107 Å². The second-order valence-corrected chi connectivity index (χ2v) is 9.40. The molecule has 0 fully saturated rings. The Balaban J connectivity index is 1.58. The van der Waals surface area contributed by atoms with Gasteiger partial charge in [-0.25, -0.2) is 4.79 Å². The zero-order chi connectivity index (χ0) is 21.8. The second kappa shape index (κ2) is 8.97. The molecule has 3 aromatic carbocycles. The van der Waals surface area contributed by atoms with Crippen LogP contribution in [-0.4, -0.2) is 17.7 Å². The van der Waals surface area contributed by atoms with Crippen molar-refractivity contribution >= 4 is 6.09 Å². The first-order chi connectivity index (χ1) is 14.9. The van der Waals surface area contributed by atoms with Crippen molar-refractivity contribution in [2.75, 3.05) is 0 Å². The van der Waals surface area contributed by atoms with Crippen LogP contribution < -0.4 is 5.32 Å². The molecule has 3 aromatic rings. The summed E-state index contributed by atoms with van der Waals surface area (Å²) in [6.07, 6.45) is 2.30. The van der Waals surface area contributed by atoms with Gasteiger partial charge in [0.15, 0.2) is 0 Å². The van der Waals surface area contributed by atoms with E-state index < -0.39 is 5.60 Å². The van der Waals surface area contributed by atoms with Crippen molar-refractivity contribution in [3.8, 4) is 0 Å². The molecular formula is C28H31NO2. The molecule has 1 aliphatic carbocycles. The summed E-state index contributed by atoms with van der Waals surface area (Å²) in [4.78, 5) is 12.5. The van der Waals surface area contributed by atoms with Crippen molar-refractivity contribution < 1.29 is 9.53 Å². The Morgan fingerprint density at radius 2 is 1.55 bits per heavy atom. The lowest BCUT2D eigenvalue weighted by molar-refractivity contribution is 0.0499. The summed E-state index contributed by atoms with van der Waals surface area (Å²) in [6.45, 7) is 5.69. The van der Waals surface area contributed by atoms with Crippen molar-refractivity contribution in [1.82, 2.24) is 5.32 Å². The number of amides is 1. The van der Waals surface area contributed by atoms with Crippen LogP contribution in [0.4, 0.5) is 4.79 Å². The number of benzene rings is 3. The van der Waals surface area contributed by atoms with Crippen LogP contribution in [0.5, 0.6) is 0 Å². The molecule has 3 nitrogen and oxygen atoms in total. The van der Waals surface area contributed by atoms with Crippen LogP contribution in [0, 0.1) is 0 Å². The second-order valence-electron chi connectivity index (χ2n) is 9.40. The number of ether oxygens (including phenoxy) is 1. The average molecular weight is 414 g/mol. The molecule has 0 saturated carbocycles. The van der Waals surface area contributed by atoms with Crippen LogP contribution in [0.1, 0.15) is 54.5 Å². The molecule has 0 heterocycles. The fraction of sp³-hybridized carbons (Fsp3) is 0.321. The number of nitrogens with one attached hydrogen (secondary N) is 1. The normalized spacial score (nSPS) is 17.8. The van der Waals surface area contributed by atoms with Gasteiger partial charge in [0.25, 0.3) is 0 Å². The van der Waals surface area contributed by atoms with Gasteiger partial charge in [-0.2, -0.15) is 0 Å². The van der Waals surface area contributed by atoms with Gasteiger partial charge >= 0.3 is 6.09 Å². The number of carbonyl (C=O) groups excluding carboxylic acids is 1. The number of hydrogen-bond acceptors (Lipinski definition) is 2. The maximum absolute atomic E-state index is 12.5. The maximum atomic E-state index is 12.5. The molecule has 31 heavy (non-hydrogen) atoms. The summed E-state index contributed by atoms with van der Waals surface area (Å²) >= 11 is 0. The lowest BCUT2D eigenvalue weighted by atomic mass is 9.87. The number of hydrogen-bond donors (Lipinski definition) is 1. The topological polar surface area (TPSA) is 38.3 Å². The molecule has 0 bridgehead atoms. The van der Waals surface area contributed by atoms with Crippen LogP contribution in [0.15, 0.2) is 78.9 Å². The average Bonchev–Trinajstić information content (AvgIpc) is 3.06. The fourth-order valence-corrected chi connectivity index (χ4v) is 4.52. The predicted molar refractivity (Wildman–Crippen MR) is 125 cm³/mol. The molecule has 0 radical (unpaired) electrons. The number of carbonyl (C=O) groups is 1. The molecule has 1 aliphatic rings. The smallest absolute Gasteiger partial charge is 0.407 e. The third-order valence-electron chi connectivity index (χ3n) is 5.88. The zero-order valence-corrected chi connectivity index (χ0v) is 18.6. The molecule has 0 aromatic heterocycles. The largest absolute Gasteiger partial charge is 0.444 e. The van der Waals surface area contributed by atoms with E-state index in [-0.39, 0.29) is 18.1 Å². The van der Waals surface area contributed by atoms with E-state index in [0.29, 0.717) is 0 Å². The molecule has 3 heteroatoms. The lowest BCUT2D eigenvalue weighted by Gasteiger charge is -2.26. The summed E-state index contributed by atoms with van der Waals surface area (Å²) in [5.74, 6) is 0.223. The van der Waals surface area contributed by atoms with E-state index in [2.05, 4.69) is 84.2 Å². The van der Waals surface area contributed by atoms with E-state index in [4.69, 9.17) is 4.74 Å². The molecule has 160 valence electrons. The SMILES string of the molecule is CC(C)(C)OC(=O)N[C@@H]1Cc2ccccc2[C@H]1Cc1ccccc1Cc1ccccc1. The fourth-order valence-electron chi connectivity index (χ4n) is 4.52. The molecule has 0 unspecified atom stereocenters. The van der Waals surface area contributed by atoms with Gasteiger partial charge in [-0.3, -0.25) is 0 Å². The Labute approximate surface area is 185 Å². The van der Waals surface area contributed by atoms with Crippen molar-refractivity contribution in [2.45, 2.75) is 57.6 Å². The Morgan fingerprint density at radius 1 is 0.903 bits per heavy atom. The first kappa shape index (κ1) is 21.2. The highest BCUT2D eigenvalue weighted by molar-refractivity contribution is 5.68. The minimum atomic E-state index is -0.507. The van der Waals surface area contributed by atoms with Gasteiger partial charge < -0.3 is 10.1 Å². The van der Waals surface area contributed by atoms with E-state index in [0.717, 1.165) is 19.3 Å². The van der Waals surface area contributed by atoms with Gasteiger partial charge in [-0.05, 0) is 67.9 Å². The van der Waals surface area contributed by atoms with Crippen molar-refractivity contribution in [3.63, 3.8) is 0 Å². The van der Waals surface area contributed by atoms with Crippen molar-refractivity contribution in [1.29, 1.82) is 0 Å². The minimum Gasteiger partial charge on any atom is -0.444 e. The molecule has 0 spiro atoms. The van der Waals surface area contributed by atoms with Gasteiger partial charge in [-0.15, -0.1) is 0 Å². The minimum absolute atomic E-state index is 0.0250. The van der Waals surface area contributed by atoms with Crippen molar-refractivity contribution in [2.24, 2.45) is 0 Å². The van der Waals surface area contributed by atoms with Gasteiger partial charge in [0.05, 0.1) is 0 Å². The summed E-state index contributed by atoms with van der Waals surface area (Å²) in [7, 11) is 0. The van der Waals surface area contributed by atoms with E-state index in [1.807, 2.05) is 20.8 Å². The number of alkyl carbamates (subject to hydrolysis) is 1. The third-order valence-corrected chi connectivity index (χ3v) is 5.88. The Hall–Kier alpha value is -3.07. The standard InChI is InChI=1S/C28H31NO2/c1-28(2,3)31-27(30)29-26-19-23-15-9-10-16-24(23)25(26)18-22-14-8-7-13-21(22)17-20-11-5-4-6-12-20/h4-16,25-26H,17-19H2,1-3H3,(H,29,30)/t25-,26-/m1/s1. The summed E-state index contributed by atoms with van der Waals surface area (Å²) in [6, 6.07) is 27.8. The van der Waals surface area contributed by atoms with Gasteiger partial charge in [0, 0.05) is 12.0 Å². The van der Waals surface area contributed by atoms with Gasteiger partial charge in [0.1, 0.15) is 5.60 Å². The molecule has 2 atom stereocenters. The van der Waals surface area contributed by atoms with Crippen LogP contribution in [0.3, 0.4) is 0 Å². The highest BCUT2D eigenvalue weighted by Gasteiger charge is 2.34. The van der Waals surface area contributed by atoms with E-state index >= 15 is 0 Å². The number of rotatable bonds is 5. The molecule has 1 N–H and O–H groups in total. The van der Waals surface area contributed by atoms with Gasteiger partial charge in [-0.1, -0.05) is 78.9 Å². The summed E-state index contributed by atoms with van der Waals surface area (Å²) in [5, 5.41) is 3.16. The van der Waals surface area contributed by atoms with E-state index in [9.17, 15) is 4.79 Å². The van der Waals surface area contributed by atoms with E-state index in [1.165, 1.54) is 27.8 Å². The molecule has 0 saturated heterocycles. The Morgan fingerprint density at radius 3 is 2.29 bits per heavy atom. The predicted octanol–water partition coefficient (Wildman–Crippen LogP) is 6.05. The quantitative estimate of drug-likeness (QED) is 0.553. The first-order valence-electron chi connectivity index (χ1n) is 11.1. The van der Waals surface area contributed by atoms with Gasteiger partial charge in [0.2, 0.25) is 0 Å². The monoisotopic (exact) mass is 413 g/mol. The maximum Gasteiger partial charge on any atom is 0.407 e. The summed E-state index contributed by atoms with van der Waals surface area (Å²) in [5.41, 5.74) is 6.13. The molecule has 4 rings (SSSR count). The summed E-state index contributed by atoms with van der Waals surface area (Å²) < 4.78 is 5.55. The van der Waals surface area contributed by atoms with Crippen LogP contribution in [-0.2, 0) is 24.0 Å². The highest BCUT2D eigenvalue weighted by atomic mass is 16.6. The number of fused-ring (bicyclic) bond motifs is 1. The molecular weight excluding hydrogens is 382 g/mol. The highest BCUT2D eigenvalue weighted by Crippen LogP contribution is 2.37. The lowest BCUT2D eigenvalue weighted by Crippen LogP contribution is -2.41. The van der Waals surface area contributed by atoms with Crippen LogP contribution in [0.2, 0.25) is 0 Å². The first-order valence-corrected chi connectivity index (χ1v) is 11.1. The Kier molecular flexibility index (Phi) is 6.13. The third kappa shape index (κ3) is 5.35. The van der Waals surface area contributed by atoms with Crippen LogP contribution >= 0.6 is 0 Å². The molecule has 0 aliphatic heterocycles. The van der Waals surface area contributed by atoms with E-state index in [1.54, 1.807) is 0 Å². The zero-order valence-electron chi connectivity index (χ0n) is 18.6.